The van der Waals surface area contributed by atoms with E-state index in [-0.39, 0.29) is 17.2 Å². The molecule has 2 heterocycles. The Morgan fingerprint density at radius 3 is 2.75 bits per heavy atom. The summed E-state index contributed by atoms with van der Waals surface area (Å²) in [4.78, 5) is 30.5. The molecule has 1 N–H and O–H groups in total. The topological polar surface area (TPSA) is 99.2 Å². The fourth-order valence-electron chi connectivity index (χ4n) is 3.16. The van der Waals surface area contributed by atoms with Crippen molar-refractivity contribution in [2.24, 2.45) is 0 Å². The number of nitrogens with zero attached hydrogens (tertiary/aromatic N) is 3. The van der Waals surface area contributed by atoms with E-state index < -0.39 is 0 Å². The number of thioether (sulfide) groups is 1. The van der Waals surface area contributed by atoms with Crippen LogP contribution in [0.3, 0.4) is 0 Å². The monoisotopic (exact) mass is 470 g/mol. The van der Waals surface area contributed by atoms with Crippen LogP contribution >= 0.6 is 23.4 Å². The van der Waals surface area contributed by atoms with Gasteiger partial charge >= 0.3 is 0 Å². The first-order valence-electron chi connectivity index (χ1n) is 9.59. The number of aromatic nitrogens is 3. The SMILES string of the molecule is COc1ccc(C)cc1-n1c(SCC(=O)Nc2cc(C)on2)nc2cc(Cl)ccc2c1=O. The number of hydrogen-bond acceptors (Lipinski definition) is 7. The first-order valence-corrected chi connectivity index (χ1v) is 11.0. The first-order chi connectivity index (χ1) is 15.4. The zero-order chi connectivity index (χ0) is 22.8. The summed E-state index contributed by atoms with van der Waals surface area (Å²) in [7, 11) is 1.54. The minimum absolute atomic E-state index is 0.00144. The molecule has 0 unspecified atom stereocenters. The number of halogens is 1. The Balaban J connectivity index is 1.78. The van der Waals surface area contributed by atoms with E-state index in [2.05, 4.69) is 15.5 Å². The van der Waals surface area contributed by atoms with Gasteiger partial charge in [-0.1, -0.05) is 34.6 Å². The Labute approximate surface area is 192 Å². The van der Waals surface area contributed by atoms with E-state index in [1.807, 2.05) is 19.1 Å². The molecule has 0 aliphatic rings. The number of hydrogen-bond donors (Lipinski definition) is 1. The average molecular weight is 471 g/mol. The second-order valence-electron chi connectivity index (χ2n) is 7.03. The number of ether oxygens (including phenoxy) is 1. The Bertz CT molecular complexity index is 1380. The van der Waals surface area contributed by atoms with E-state index in [0.29, 0.717) is 44.1 Å². The quantitative estimate of drug-likeness (QED) is 0.329. The van der Waals surface area contributed by atoms with Crippen molar-refractivity contribution >= 4 is 46.0 Å². The van der Waals surface area contributed by atoms with Gasteiger partial charge in [0.25, 0.3) is 5.56 Å². The number of nitrogens with one attached hydrogen (secondary N) is 1. The molecule has 0 aliphatic carbocycles. The zero-order valence-electron chi connectivity index (χ0n) is 17.5. The first kappa shape index (κ1) is 21.9. The number of fused-ring (bicyclic) bond motifs is 1. The van der Waals surface area contributed by atoms with Crippen molar-refractivity contribution in [1.29, 1.82) is 0 Å². The number of carbonyl (C=O) groups excluding carboxylic acids is 1. The van der Waals surface area contributed by atoms with Gasteiger partial charge in [0, 0.05) is 11.1 Å². The van der Waals surface area contributed by atoms with E-state index >= 15 is 0 Å². The van der Waals surface area contributed by atoms with Gasteiger partial charge in [-0.25, -0.2) is 4.98 Å². The van der Waals surface area contributed by atoms with Gasteiger partial charge in [-0.15, -0.1) is 0 Å². The van der Waals surface area contributed by atoms with Crippen molar-refractivity contribution < 1.29 is 14.1 Å². The van der Waals surface area contributed by atoms with E-state index in [1.165, 1.54) is 11.7 Å². The fourth-order valence-corrected chi connectivity index (χ4v) is 4.13. The molecule has 0 radical (unpaired) electrons. The summed E-state index contributed by atoms with van der Waals surface area (Å²) in [6.45, 7) is 3.65. The summed E-state index contributed by atoms with van der Waals surface area (Å²) >= 11 is 7.23. The smallest absolute Gasteiger partial charge is 0.266 e. The van der Waals surface area contributed by atoms with Crippen molar-refractivity contribution in [2.75, 3.05) is 18.2 Å². The number of carbonyl (C=O) groups is 1. The summed E-state index contributed by atoms with van der Waals surface area (Å²) in [5.74, 6) is 1.10. The third-order valence-electron chi connectivity index (χ3n) is 4.60. The van der Waals surface area contributed by atoms with Crippen LogP contribution in [-0.4, -0.2) is 33.5 Å². The van der Waals surface area contributed by atoms with E-state index in [4.69, 9.17) is 20.9 Å². The third-order valence-corrected chi connectivity index (χ3v) is 5.78. The summed E-state index contributed by atoms with van der Waals surface area (Å²) in [5, 5.41) is 7.62. The molecule has 0 fully saturated rings. The number of benzene rings is 2. The lowest BCUT2D eigenvalue weighted by Crippen LogP contribution is -2.23. The maximum absolute atomic E-state index is 13.5. The highest BCUT2D eigenvalue weighted by Gasteiger charge is 2.18. The van der Waals surface area contributed by atoms with E-state index in [0.717, 1.165) is 17.3 Å². The van der Waals surface area contributed by atoms with Gasteiger partial charge < -0.3 is 14.6 Å². The number of methoxy groups -OCH3 is 1. The lowest BCUT2D eigenvalue weighted by Gasteiger charge is -2.16. The number of anilines is 1. The average Bonchev–Trinajstić information content (AvgIpc) is 3.16. The molecule has 0 spiro atoms. The second kappa shape index (κ2) is 9.05. The lowest BCUT2D eigenvalue weighted by atomic mass is 10.2. The third kappa shape index (κ3) is 4.49. The van der Waals surface area contributed by atoms with Crippen LogP contribution in [0.25, 0.3) is 16.6 Å². The van der Waals surface area contributed by atoms with Crippen LogP contribution in [0.2, 0.25) is 5.02 Å². The van der Waals surface area contributed by atoms with Crippen molar-refractivity contribution in [3.63, 3.8) is 0 Å². The van der Waals surface area contributed by atoms with Crippen LogP contribution in [0, 0.1) is 13.8 Å². The molecule has 0 atom stereocenters. The van der Waals surface area contributed by atoms with Crippen LogP contribution < -0.4 is 15.6 Å². The van der Waals surface area contributed by atoms with Crippen LogP contribution in [0.1, 0.15) is 11.3 Å². The van der Waals surface area contributed by atoms with E-state index in [9.17, 15) is 9.59 Å². The highest BCUT2D eigenvalue weighted by molar-refractivity contribution is 7.99. The molecule has 4 aromatic rings. The molecular formula is C22H19ClN4O4S. The van der Waals surface area contributed by atoms with Gasteiger partial charge in [0.15, 0.2) is 11.0 Å². The van der Waals surface area contributed by atoms with Gasteiger partial charge in [-0.3, -0.25) is 14.2 Å². The summed E-state index contributed by atoms with van der Waals surface area (Å²) < 4.78 is 11.9. The largest absolute Gasteiger partial charge is 0.495 e. The van der Waals surface area contributed by atoms with Crippen molar-refractivity contribution in [1.82, 2.24) is 14.7 Å². The van der Waals surface area contributed by atoms with Crippen LogP contribution in [0.5, 0.6) is 5.75 Å². The molecule has 2 aromatic heterocycles. The Hall–Kier alpha value is -3.30. The summed E-state index contributed by atoms with van der Waals surface area (Å²) in [5.41, 5.74) is 1.64. The molecule has 0 bridgehead atoms. The summed E-state index contributed by atoms with van der Waals surface area (Å²) in [6.07, 6.45) is 0. The molecule has 164 valence electrons. The van der Waals surface area contributed by atoms with Gasteiger partial charge in [0.1, 0.15) is 11.5 Å². The maximum Gasteiger partial charge on any atom is 0.266 e. The zero-order valence-corrected chi connectivity index (χ0v) is 19.1. The normalized spacial score (nSPS) is 11.0. The molecule has 0 saturated carbocycles. The standard InChI is InChI=1S/C22H19ClN4O4S/c1-12-4-7-18(30-3)17(8-12)27-21(29)15-6-5-14(23)10-16(15)24-22(27)32-11-20(28)25-19-9-13(2)31-26-19/h4-10H,11H2,1-3H3,(H,25,26,28). The molecule has 32 heavy (non-hydrogen) atoms. The van der Waals surface area contributed by atoms with Crippen molar-refractivity contribution in [3.05, 3.63) is 69.2 Å². The summed E-state index contributed by atoms with van der Waals surface area (Å²) in [6, 6.07) is 12.0. The number of rotatable bonds is 6. The highest BCUT2D eigenvalue weighted by Crippen LogP contribution is 2.29. The molecule has 4 rings (SSSR count). The number of amides is 1. The Kier molecular flexibility index (Phi) is 6.20. The maximum atomic E-state index is 13.5. The molecule has 8 nitrogen and oxygen atoms in total. The van der Waals surface area contributed by atoms with Gasteiger partial charge in [-0.2, -0.15) is 0 Å². The molecule has 0 aliphatic heterocycles. The highest BCUT2D eigenvalue weighted by atomic mass is 35.5. The molecule has 10 heteroatoms. The molecular weight excluding hydrogens is 452 g/mol. The van der Waals surface area contributed by atoms with Gasteiger partial charge in [-0.05, 0) is 49.7 Å². The van der Waals surface area contributed by atoms with Gasteiger partial charge in [0.2, 0.25) is 5.91 Å². The molecule has 2 aromatic carbocycles. The lowest BCUT2D eigenvalue weighted by molar-refractivity contribution is -0.113. The fraction of sp³-hybridized carbons (Fsp3) is 0.182. The van der Waals surface area contributed by atoms with Gasteiger partial charge in [0.05, 0.1) is 29.5 Å². The number of aryl methyl sites for hydroxylation is 2. The van der Waals surface area contributed by atoms with Crippen LogP contribution in [0.4, 0.5) is 5.82 Å². The van der Waals surface area contributed by atoms with Crippen molar-refractivity contribution in [3.8, 4) is 11.4 Å². The minimum Gasteiger partial charge on any atom is -0.495 e. The Morgan fingerprint density at radius 2 is 2.03 bits per heavy atom. The predicted octanol–water partition coefficient (Wildman–Crippen LogP) is 4.38. The minimum atomic E-state index is -0.313. The molecule has 0 saturated heterocycles. The molecule has 1 amide bonds. The Morgan fingerprint density at radius 1 is 1.22 bits per heavy atom. The van der Waals surface area contributed by atoms with Crippen LogP contribution in [0.15, 0.2) is 56.9 Å². The van der Waals surface area contributed by atoms with Crippen molar-refractivity contribution in [2.45, 2.75) is 19.0 Å². The second-order valence-corrected chi connectivity index (χ2v) is 8.41. The van der Waals surface area contributed by atoms with E-state index in [1.54, 1.807) is 37.3 Å². The van der Waals surface area contributed by atoms with Crippen LogP contribution in [-0.2, 0) is 4.79 Å². The predicted molar refractivity (Wildman–Crippen MR) is 124 cm³/mol.